The summed E-state index contributed by atoms with van der Waals surface area (Å²) in [4.78, 5) is 15.1. The molecule has 0 radical (unpaired) electrons. The van der Waals surface area contributed by atoms with Crippen molar-refractivity contribution < 1.29 is 9.90 Å². The van der Waals surface area contributed by atoms with E-state index < -0.39 is 5.60 Å². The Morgan fingerprint density at radius 2 is 2.30 bits per heavy atom. The quantitative estimate of drug-likeness (QED) is 0.677. The van der Waals surface area contributed by atoms with Gasteiger partial charge in [0.15, 0.2) is 0 Å². The van der Waals surface area contributed by atoms with Gasteiger partial charge < -0.3 is 20.7 Å². The van der Waals surface area contributed by atoms with Gasteiger partial charge in [-0.2, -0.15) is 11.8 Å². The van der Waals surface area contributed by atoms with Crippen LogP contribution in [0.4, 0.5) is 4.79 Å². The van der Waals surface area contributed by atoms with Gasteiger partial charge in [-0.1, -0.05) is 18.2 Å². The van der Waals surface area contributed by atoms with Gasteiger partial charge in [0.1, 0.15) is 0 Å². The first kappa shape index (κ1) is 16.2. The molecule has 1 atom stereocenters. The lowest BCUT2D eigenvalue weighted by Gasteiger charge is -2.21. The molecule has 1 fully saturated rings. The number of nitrogens with one attached hydrogen (secondary N) is 3. The number of aromatic amines is 1. The summed E-state index contributed by atoms with van der Waals surface area (Å²) in [7, 11) is 0. The van der Waals surface area contributed by atoms with Crippen molar-refractivity contribution in [3.63, 3.8) is 0 Å². The number of carbonyl (C=O) groups excluding carboxylic acids is 1. The summed E-state index contributed by atoms with van der Waals surface area (Å²) >= 11 is 1.73. The molecule has 1 aromatic carbocycles. The van der Waals surface area contributed by atoms with Crippen LogP contribution in [-0.2, 0) is 6.42 Å². The predicted molar refractivity (Wildman–Crippen MR) is 95.0 cm³/mol. The Labute approximate surface area is 140 Å². The third-order valence-electron chi connectivity index (χ3n) is 4.35. The maximum atomic E-state index is 11.8. The molecule has 4 N–H and O–H groups in total. The molecule has 0 saturated carbocycles. The minimum Gasteiger partial charge on any atom is -0.387 e. The molecule has 124 valence electrons. The first-order valence-electron chi connectivity index (χ1n) is 7.95. The topological polar surface area (TPSA) is 77.2 Å². The molecule has 1 aliphatic heterocycles. The summed E-state index contributed by atoms with van der Waals surface area (Å²) in [6.45, 7) is 2.97. The second-order valence-corrected chi connectivity index (χ2v) is 7.30. The Kier molecular flexibility index (Phi) is 4.82. The van der Waals surface area contributed by atoms with Crippen LogP contribution in [0.3, 0.4) is 0 Å². The highest BCUT2D eigenvalue weighted by Gasteiger charge is 2.31. The molecule has 23 heavy (non-hydrogen) atoms. The molecule has 1 unspecified atom stereocenters. The molecule has 2 aromatic rings. The molecule has 5 nitrogen and oxygen atoms in total. The number of thioether (sulfide) groups is 1. The molecule has 1 saturated heterocycles. The summed E-state index contributed by atoms with van der Waals surface area (Å²) in [5.41, 5.74) is 2.85. The molecule has 6 heteroatoms. The Bertz CT molecular complexity index is 692. The van der Waals surface area contributed by atoms with Crippen molar-refractivity contribution in [2.45, 2.75) is 25.4 Å². The lowest BCUT2D eigenvalue weighted by molar-refractivity contribution is 0.0700. The van der Waals surface area contributed by atoms with E-state index in [-0.39, 0.29) is 6.03 Å². The fraction of sp³-hybridized carbons (Fsp3) is 0.471. The number of aromatic nitrogens is 1. The van der Waals surface area contributed by atoms with Crippen molar-refractivity contribution in [2.75, 3.05) is 24.6 Å². The van der Waals surface area contributed by atoms with Crippen LogP contribution in [0, 0.1) is 6.92 Å². The Morgan fingerprint density at radius 3 is 3.09 bits per heavy atom. The SMILES string of the molecule is Cc1cccc2c(CCNC(=O)NCC3(O)CCSC3)c[nH]c12. The number of rotatable bonds is 5. The van der Waals surface area contributed by atoms with Gasteiger partial charge in [0.05, 0.1) is 5.60 Å². The van der Waals surface area contributed by atoms with Crippen LogP contribution in [-0.4, -0.2) is 46.3 Å². The number of urea groups is 1. The lowest BCUT2D eigenvalue weighted by Crippen LogP contribution is -2.46. The molecule has 0 aliphatic carbocycles. The van der Waals surface area contributed by atoms with Crippen LogP contribution >= 0.6 is 11.8 Å². The van der Waals surface area contributed by atoms with Gasteiger partial charge >= 0.3 is 6.03 Å². The number of benzene rings is 1. The van der Waals surface area contributed by atoms with Crippen molar-refractivity contribution in [3.05, 3.63) is 35.5 Å². The number of para-hydroxylation sites is 1. The van der Waals surface area contributed by atoms with Gasteiger partial charge in [-0.05, 0) is 36.6 Å². The average molecular weight is 333 g/mol. The Morgan fingerprint density at radius 1 is 1.43 bits per heavy atom. The molecule has 0 spiro atoms. The zero-order valence-electron chi connectivity index (χ0n) is 13.3. The molecule has 3 rings (SSSR count). The number of carbonyl (C=O) groups is 1. The summed E-state index contributed by atoms with van der Waals surface area (Å²) in [6.07, 6.45) is 3.53. The average Bonchev–Trinajstić information content (AvgIpc) is 3.14. The van der Waals surface area contributed by atoms with Crippen LogP contribution in [0.25, 0.3) is 10.9 Å². The van der Waals surface area contributed by atoms with E-state index in [1.807, 2.05) is 6.20 Å². The number of H-pyrrole nitrogens is 1. The van der Waals surface area contributed by atoms with E-state index in [0.29, 0.717) is 18.8 Å². The number of hydrogen-bond acceptors (Lipinski definition) is 3. The normalized spacial score (nSPS) is 20.8. The van der Waals surface area contributed by atoms with Gasteiger partial charge in [-0.3, -0.25) is 0 Å². The summed E-state index contributed by atoms with van der Waals surface area (Å²) in [5.74, 6) is 1.65. The number of aryl methyl sites for hydroxylation is 1. The monoisotopic (exact) mass is 333 g/mol. The van der Waals surface area contributed by atoms with Crippen molar-refractivity contribution in [1.29, 1.82) is 0 Å². The summed E-state index contributed by atoms with van der Waals surface area (Å²) in [5, 5.41) is 17.0. The molecule has 1 aromatic heterocycles. The van der Waals surface area contributed by atoms with E-state index in [0.717, 1.165) is 24.1 Å². The molecule has 2 heterocycles. The van der Waals surface area contributed by atoms with Gasteiger partial charge in [-0.25, -0.2) is 4.79 Å². The maximum absolute atomic E-state index is 11.8. The standard InChI is InChI=1S/C17H23N3O2S/c1-12-3-2-4-14-13(9-19-15(12)14)5-7-18-16(21)20-10-17(22)6-8-23-11-17/h2-4,9,19,22H,5-8,10-11H2,1H3,(H2,18,20,21). The fourth-order valence-corrected chi connectivity index (χ4v) is 4.22. The molecule has 0 bridgehead atoms. The third kappa shape index (κ3) is 3.82. The zero-order valence-corrected chi connectivity index (χ0v) is 14.1. The van der Waals surface area contributed by atoms with E-state index in [1.54, 1.807) is 11.8 Å². The third-order valence-corrected chi connectivity index (χ3v) is 5.58. The molecular weight excluding hydrogens is 310 g/mol. The van der Waals surface area contributed by atoms with Crippen LogP contribution in [0.1, 0.15) is 17.5 Å². The van der Waals surface area contributed by atoms with Crippen molar-refractivity contribution >= 4 is 28.7 Å². The van der Waals surface area contributed by atoms with Crippen LogP contribution in [0.2, 0.25) is 0 Å². The first-order valence-corrected chi connectivity index (χ1v) is 9.10. The highest BCUT2D eigenvalue weighted by Crippen LogP contribution is 2.26. The van der Waals surface area contributed by atoms with E-state index in [1.165, 1.54) is 16.5 Å². The summed E-state index contributed by atoms with van der Waals surface area (Å²) < 4.78 is 0. The smallest absolute Gasteiger partial charge is 0.314 e. The first-order chi connectivity index (χ1) is 11.1. The largest absolute Gasteiger partial charge is 0.387 e. The van der Waals surface area contributed by atoms with Crippen LogP contribution in [0.15, 0.2) is 24.4 Å². The van der Waals surface area contributed by atoms with E-state index in [9.17, 15) is 9.90 Å². The van der Waals surface area contributed by atoms with E-state index in [2.05, 4.69) is 40.7 Å². The summed E-state index contributed by atoms with van der Waals surface area (Å²) in [6, 6.07) is 6.02. The molecular formula is C17H23N3O2S. The van der Waals surface area contributed by atoms with Crippen LogP contribution in [0.5, 0.6) is 0 Å². The predicted octanol–water partition coefficient (Wildman–Crippen LogP) is 2.19. The maximum Gasteiger partial charge on any atom is 0.314 e. The number of hydrogen-bond donors (Lipinski definition) is 4. The van der Waals surface area contributed by atoms with Gasteiger partial charge in [0.2, 0.25) is 0 Å². The second-order valence-electron chi connectivity index (χ2n) is 6.20. The molecule has 1 aliphatic rings. The number of amides is 2. The van der Waals surface area contributed by atoms with Gasteiger partial charge in [-0.15, -0.1) is 0 Å². The number of fused-ring (bicyclic) bond motifs is 1. The Hall–Kier alpha value is -1.66. The fourth-order valence-electron chi connectivity index (χ4n) is 2.92. The second kappa shape index (κ2) is 6.84. The Balaban J connectivity index is 1.47. The minimum absolute atomic E-state index is 0.216. The van der Waals surface area contributed by atoms with Crippen molar-refractivity contribution in [1.82, 2.24) is 15.6 Å². The minimum atomic E-state index is -0.740. The molecule has 2 amide bonds. The highest BCUT2D eigenvalue weighted by atomic mass is 32.2. The van der Waals surface area contributed by atoms with E-state index >= 15 is 0 Å². The van der Waals surface area contributed by atoms with Gasteiger partial charge in [0, 0.05) is 35.9 Å². The van der Waals surface area contributed by atoms with Crippen molar-refractivity contribution in [2.24, 2.45) is 0 Å². The number of aliphatic hydroxyl groups is 1. The van der Waals surface area contributed by atoms with Crippen LogP contribution < -0.4 is 10.6 Å². The lowest BCUT2D eigenvalue weighted by atomic mass is 10.0. The van der Waals surface area contributed by atoms with Gasteiger partial charge in [0.25, 0.3) is 0 Å². The van der Waals surface area contributed by atoms with Crippen molar-refractivity contribution in [3.8, 4) is 0 Å². The van der Waals surface area contributed by atoms with E-state index in [4.69, 9.17) is 0 Å². The zero-order chi connectivity index (χ0) is 16.3. The highest BCUT2D eigenvalue weighted by molar-refractivity contribution is 7.99.